The number of benzene rings is 1. The van der Waals surface area contributed by atoms with Crippen molar-refractivity contribution in [3.8, 4) is 11.8 Å². The van der Waals surface area contributed by atoms with Crippen LogP contribution in [0.25, 0.3) is 0 Å². The third kappa shape index (κ3) is 4.93. The second-order valence-electron chi connectivity index (χ2n) is 3.08. The van der Waals surface area contributed by atoms with Gasteiger partial charge in [0.1, 0.15) is 11.8 Å². The smallest absolute Gasteiger partial charge is 0.233 e. The number of sulfonamides is 1. The van der Waals surface area contributed by atoms with E-state index >= 15 is 0 Å². The fraction of sp³-hybridized carbons (Fsp3) is 0.300. The first-order valence-electron chi connectivity index (χ1n) is 4.73. The van der Waals surface area contributed by atoms with Gasteiger partial charge in [0, 0.05) is 11.9 Å². The Bertz CT molecular complexity index is 511. The van der Waals surface area contributed by atoms with Crippen molar-refractivity contribution in [2.45, 2.75) is 0 Å². The number of rotatable bonds is 6. The Morgan fingerprint density at radius 1 is 1.47 bits per heavy atom. The summed E-state index contributed by atoms with van der Waals surface area (Å²) in [4.78, 5) is 0. The van der Waals surface area contributed by atoms with E-state index in [0.717, 1.165) is 0 Å². The van der Waals surface area contributed by atoms with E-state index in [0.29, 0.717) is 11.4 Å². The highest BCUT2D eigenvalue weighted by molar-refractivity contribution is 7.92. The number of ether oxygens (including phenoxy) is 1. The minimum absolute atomic E-state index is 0.0277. The first-order valence-corrected chi connectivity index (χ1v) is 6.92. The lowest BCUT2D eigenvalue weighted by Gasteiger charge is -2.08. The molecule has 0 radical (unpaired) electrons. The molecule has 0 saturated carbocycles. The van der Waals surface area contributed by atoms with Gasteiger partial charge < -0.3 is 4.74 Å². The monoisotopic (exact) mass is 274 g/mol. The summed E-state index contributed by atoms with van der Waals surface area (Å²) in [5.41, 5.74) is 0.380. The first kappa shape index (κ1) is 13.6. The molecule has 0 aliphatic carbocycles. The van der Waals surface area contributed by atoms with Crippen LogP contribution in [0.4, 0.5) is 5.69 Å². The Balaban J connectivity index is 2.76. The quantitative estimate of drug-likeness (QED) is 0.799. The second kappa shape index (κ2) is 6.33. The van der Waals surface area contributed by atoms with Crippen molar-refractivity contribution >= 4 is 27.3 Å². The number of anilines is 1. The molecule has 1 rings (SSSR count). The number of alkyl halides is 1. The average Bonchev–Trinajstić information content (AvgIpc) is 2.26. The molecule has 0 aromatic heterocycles. The Labute approximate surface area is 105 Å². The van der Waals surface area contributed by atoms with Crippen LogP contribution in [0.5, 0.6) is 5.75 Å². The Morgan fingerprint density at radius 2 is 2.24 bits per heavy atom. The average molecular weight is 275 g/mol. The van der Waals surface area contributed by atoms with Crippen molar-refractivity contribution < 1.29 is 13.2 Å². The molecule has 1 aromatic carbocycles. The summed E-state index contributed by atoms with van der Waals surface area (Å²) in [6.07, 6.45) is 0. The highest BCUT2D eigenvalue weighted by Gasteiger charge is 2.09. The lowest BCUT2D eigenvalue weighted by molar-refractivity contribution is 0.368. The molecular formula is C10H11ClN2O3S. The maximum atomic E-state index is 11.4. The van der Waals surface area contributed by atoms with Gasteiger partial charge >= 0.3 is 0 Å². The molecule has 0 atom stereocenters. The normalized spacial score (nSPS) is 10.6. The molecule has 0 aliphatic heterocycles. The van der Waals surface area contributed by atoms with Crippen molar-refractivity contribution in [1.29, 1.82) is 5.26 Å². The fourth-order valence-electron chi connectivity index (χ4n) is 1.10. The van der Waals surface area contributed by atoms with E-state index in [4.69, 9.17) is 21.6 Å². The predicted octanol–water partition coefficient (Wildman–Crippen LogP) is 1.57. The largest absolute Gasteiger partial charge is 0.479 e. The number of hydrogen-bond acceptors (Lipinski definition) is 4. The highest BCUT2D eigenvalue weighted by atomic mass is 35.5. The first-order chi connectivity index (χ1) is 8.07. The SMILES string of the molecule is N#CCOc1cccc(NS(=O)(=O)CCCl)c1. The van der Waals surface area contributed by atoms with Crippen LogP contribution in [0.1, 0.15) is 0 Å². The van der Waals surface area contributed by atoms with Crippen LogP contribution >= 0.6 is 11.6 Å². The molecule has 0 saturated heterocycles. The molecule has 1 aromatic rings. The van der Waals surface area contributed by atoms with Crippen LogP contribution in [0.15, 0.2) is 24.3 Å². The lowest BCUT2D eigenvalue weighted by atomic mass is 10.3. The molecule has 1 N–H and O–H groups in total. The molecule has 0 spiro atoms. The van der Waals surface area contributed by atoms with Gasteiger partial charge in [-0.25, -0.2) is 8.42 Å². The van der Waals surface area contributed by atoms with Gasteiger partial charge in [-0.15, -0.1) is 11.6 Å². The Morgan fingerprint density at radius 3 is 2.88 bits per heavy atom. The zero-order chi connectivity index (χ0) is 12.7. The van der Waals surface area contributed by atoms with Crippen LogP contribution in [-0.4, -0.2) is 26.7 Å². The highest BCUT2D eigenvalue weighted by Crippen LogP contribution is 2.18. The van der Waals surface area contributed by atoms with Crippen molar-refractivity contribution in [1.82, 2.24) is 0 Å². The van der Waals surface area contributed by atoms with Crippen LogP contribution < -0.4 is 9.46 Å². The van der Waals surface area contributed by atoms with Gasteiger partial charge in [0.25, 0.3) is 0 Å². The number of hydrogen-bond donors (Lipinski definition) is 1. The molecule has 0 heterocycles. The summed E-state index contributed by atoms with van der Waals surface area (Å²) in [7, 11) is -3.42. The zero-order valence-corrected chi connectivity index (χ0v) is 10.5. The van der Waals surface area contributed by atoms with E-state index in [1.54, 1.807) is 18.2 Å². The third-order valence-electron chi connectivity index (χ3n) is 1.76. The van der Waals surface area contributed by atoms with Gasteiger partial charge in [-0.05, 0) is 12.1 Å². The molecule has 92 valence electrons. The number of nitrogens with zero attached hydrogens (tertiary/aromatic N) is 1. The van der Waals surface area contributed by atoms with Crippen molar-refractivity contribution in [2.24, 2.45) is 0 Å². The van der Waals surface area contributed by atoms with E-state index in [-0.39, 0.29) is 18.2 Å². The number of nitriles is 1. The van der Waals surface area contributed by atoms with E-state index in [1.807, 2.05) is 6.07 Å². The molecule has 0 unspecified atom stereocenters. The number of halogens is 1. The van der Waals surface area contributed by atoms with Gasteiger partial charge in [0.05, 0.1) is 11.4 Å². The molecule has 0 aliphatic rings. The Hall–Kier alpha value is -1.45. The van der Waals surface area contributed by atoms with Crippen LogP contribution in [0.2, 0.25) is 0 Å². The zero-order valence-electron chi connectivity index (χ0n) is 8.89. The summed E-state index contributed by atoms with van der Waals surface area (Å²) >= 11 is 5.37. The molecule has 0 amide bonds. The fourth-order valence-corrected chi connectivity index (χ4v) is 2.50. The van der Waals surface area contributed by atoms with Crippen LogP contribution in [0, 0.1) is 11.3 Å². The van der Waals surface area contributed by atoms with E-state index < -0.39 is 10.0 Å². The molecule has 0 bridgehead atoms. The predicted molar refractivity (Wildman–Crippen MR) is 65.7 cm³/mol. The topological polar surface area (TPSA) is 79.2 Å². The third-order valence-corrected chi connectivity index (χ3v) is 3.46. The minimum atomic E-state index is -3.42. The van der Waals surface area contributed by atoms with Crippen molar-refractivity contribution in [2.75, 3.05) is 23.0 Å². The summed E-state index contributed by atoms with van der Waals surface area (Å²) in [5, 5.41) is 8.35. The van der Waals surface area contributed by atoms with Crippen LogP contribution in [0.3, 0.4) is 0 Å². The summed E-state index contributed by atoms with van der Waals surface area (Å²) in [6.45, 7) is -0.0854. The van der Waals surface area contributed by atoms with Gasteiger partial charge in [-0.1, -0.05) is 6.07 Å². The summed E-state index contributed by atoms with van der Waals surface area (Å²) < 4.78 is 30.3. The summed E-state index contributed by atoms with van der Waals surface area (Å²) in [6, 6.07) is 8.18. The van der Waals surface area contributed by atoms with Crippen molar-refractivity contribution in [3.05, 3.63) is 24.3 Å². The maximum Gasteiger partial charge on any atom is 0.233 e. The standard InChI is InChI=1S/C10H11ClN2O3S/c11-4-7-17(14,15)13-9-2-1-3-10(8-9)16-6-5-12/h1-3,8,13H,4,6-7H2. The van der Waals surface area contributed by atoms with Gasteiger partial charge in [-0.2, -0.15) is 5.26 Å². The number of nitrogens with one attached hydrogen (secondary N) is 1. The maximum absolute atomic E-state index is 11.4. The molecule has 17 heavy (non-hydrogen) atoms. The van der Waals surface area contributed by atoms with Crippen LogP contribution in [-0.2, 0) is 10.0 Å². The van der Waals surface area contributed by atoms with E-state index in [2.05, 4.69) is 4.72 Å². The summed E-state index contributed by atoms with van der Waals surface area (Å²) in [5.74, 6) is 0.301. The van der Waals surface area contributed by atoms with Gasteiger partial charge in [0.2, 0.25) is 10.0 Å². The van der Waals surface area contributed by atoms with Gasteiger partial charge in [0.15, 0.2) is 6.61 Å². The van der Waals surface area contributed by atoms with Crippen molar-refractivity contribution in [3.63, 3.8) is 0 Å². The van der Waals surface area contributed by atoms with Gasteiger partial charge in [-0.3, -0.25) is 4.72 Å². The van der Waals surface area contributed by atoms with E-state index in [1.165, 1.54) is 6.07 Å². The molecule has 7 heteroatoms. The molecule has 0 fully saturated rings. The molecular weight excluding hydrogens is 264 g/mol. The second-order valence-corrected chi connectivity index (χ2v) is 5.30. The molecule has 5 nitrogen and oxygen atoms in total. The van der Waals surface area contributed by atoms with E-state index in [9.17, 15) is 8.42 Å². The Kier molecular flexibility index (Phi) is 5.07. The lowest BCUT2D eigenvalue weighted by Crippen LogP contribution is -2.17. The minimum Gasteiger partial charge on any atom is -0.479 e.